The number of hydrogen-bond donors (Lipinski definition) is 1. The van der Waals surface area contributed by atoms with Crippen molar-refractivity contribution in [2.45, 2.75) is 13.5 Å². The number of carboxylic acid groups (broad SMARTS) is 1. The third kappa shape index (κ3) is 4.38. The molecule has 2 rings (SSSR count). The van der Waals surface area contributed by atoms with Gasteiger partial charge in [0.25, 0.3) is 0 Å². The van der Waals surface area contributed by atoms with E-state index in [-0.39, 0.29) is 0 Å². The zero-order chi connectivity index (χ0) is 15.9. The molecule has 22 heavy (non-hydrogen) atoms. The van der Waals surface area contributed by atoms with Crippen LogP contribution in [0.3, 0.4) is 0 Å². The van der Waals surface area contributed by atoms with Crippen molar-refractivity contribution in [3.05, 3.63) is 65.2 Å². The summed E-state index contributed by atoms with van der Waals surface area (Å²) >= 11 is 0. The Morgan fingerprint density at radius 1 is 1.14 bits per heavy atom. The van der Waals surface area contributed by atoms with Gasteiger partial charge in [-0.15, -0.1) is 0 Å². The SMILES string of the molecule is COc1ccc(C=CC(=O)O)cc1OCc1ccc(C)cc1. The topological polar surface area (TPSA) is 55.8 Å². The summed E-state index contributed by atoms with van der Waals surface area (Å²) in [4.78, 5) is 10.6. The molecule has 0 saturated heterocycles. The van der Waals surface area contributed by atoms with Crippen molar-refractivity contribution in [3.8, 4) is 11.5 Å². The minimum Gasteiger partial charge on any atom is -0.493 e. The third-order valence-electron chi connectivity index (χ3n) is 3.12. The monoisotopic (exact) mass is 298 g/mol. The second-order valence-electron chi connectivity index (χ2n) is 4.86. The Morgan fingerprint density at radius 2 is 1.86 bits per heavy atom. The highest BCUT2D eigenvalue weighted by atomic mass is 16.5. The van der Waals surface area contributed by atoms with Crippen LogP contribution in [0.1, 0.15) is 16.7 Å². The fraction of sp³-hybridized carbons (Fsp3) is 0.167. The van der Waals surface area contributed by atoms with E-state index in [4.69, 9.17) is 14.6 Å². The first kappa shape index (κ1) is 15.6. The Balaban J connectivity index is 2.15. The number of carboxylic acids is 1. The molecule has 4 heteroatoms. The Hall–Kier alpha value is -2.75. The number of hydrogen-bond acceptors (Lipinski definition) is 3. The van der Waals surface area contributed by atoms with Crippen LogP contribution >= 0.6 is 0 Å². The number of aliphatic carboxylic acids is 1. The van der Waals surface area contributed by atoms with Crippen molar-refractivity contribution in [2.75, 3.05) is 7.11 Å². The van der Waals surface area contributed by atoms with Crippen LogP contribution in [-0.4, -0.2) is 18.2 Å². The molecule has 2 aromatic rings. The lowest BCUT2D eigenvalue weighted by Gasteiger charge is -2.11. The summed E-state index contributed by atoms with van der Waals surface area (Å²) in [6, 6.07) is 13.4. The minimum absolute atomic E-state index is 0.419. The van der Waals surface area contributed by atoms with Gasteiger partial charge in [-0.1, -0.05) is 35.9 Å². The van der Waals surface area contributed by atoms with Gasteiger partial charge in [0.15, 0.2) is 11.5 Å². The molecule has 0 aromatic heterocycles. The van der Waals surface area contributed by atoms with Crippen molar-refractivity contribution in [3.63, 3.8) is 0 Å². The van der Waals surface area contributed by atoms with Gasteiger partial charge in [0.1, 0.15) is 6.61 Å². The number of rotatable bonds is 6. The smallest absolute Gasteiger partial charge is 0.328 e. The highest BCUT2D eigenvalue weighted by Crippen LogP contribution is 2.29. The van der Waals surface area contributed by atoms with Crippen LogP contribution in [0.25, 0.3) is 6.08 Å². The molecule has 0 spiro atoms. The molecule has 0 aliphatic rings. The summed E-state index contributed by atoms with van der Waals surface area (Å²) in [7, 11) is 1.57. The van der Waals surface area contributed by atoms with Crippen molar-refractivity contribution in [1.82, 2.24) is 0 Å². The fourth-order valence-electron chi connectivity index (χ4n) is 1.92. The van der Waals surface area contributed by atoms with Crippen molar-refractivity contribution in [1.29, 1.82) is 0 Å². The van der Waals surface area contributed by atoms with Gasteiger partial charge in [-0.2, -0.15) is 0 Å². The van der Waals surface area contributed by atoms with Gasteiger partial charge in [-0.05, 0) is 36.3 Å². The van der Waals surface area contributed by atoms with Crippen LogP contribution in [0.5, 0.6) is 11.5 Å². The van der Waals surface area contributed by atoms with E-state index in [1.54, 1.807) is 25.3 Å². The summed E-state index contributed by atoms with van der Waals surface area (Å²) in [5, 5.41) is 8.68. The van der Waals surface area contributed by atoms with Crippen LogP contribution in [0.15, 0.2) is 48.5 Å². The lowest BCUT2D eigenvalue weighted by Crippen LogP contribution is -1.98. The third-order valence-corrected chi connectivity index (χ3v) is 3.12. The summed E-state index contributed by atoms with van der Waals surface area (Å²) in [5.41, 5.74) is 2.99. The molecule has 2 aromatic carbocycles. The molecule has 0 aliphatic carbocycles. The molecule has 0 aliphatic heterocycles. The van der Waals surface area contributed by atoms with Crippen LogP contribution in [0, 0.1) is 6.92 Å². The van der Waals surface area contributed by atoms with Gasteiger partial charge in [0.05, 0.1) is 7.11 Å². The largest absolute Gasteiger partial charge is 0.493 e. The van der Waals surface area contributed by atoms with E-state index in [9.17, 15) is 4.79 Å². The second-order valence-corrected chi connectivity index (χ2v) is 4.86. The molecule has 0 saturated carbocycles. The van der Waals surface area contributed by atoms with E-state index in [1.165, 1.54) is 11.6 Å². The molecule has 0 atom stereocenters. The van der Waals surface area contributed by atoms with Gasteiger partial charge >= 0.3 is 5.97 Å². The van der Waals surface area contributed by atoms with E-state index in [0.29, 0.717) is 18.1 Å². The average Bonchev–Trinajstić information content (AvgIpc) is 2.52. The maximum atomic E-state index is 10.6. The van der Waals surface area contributed by atoms with Crippen LogP contribution in [0.2, 0.25) is 0 Å². The summed E-state index contributed by atoms with van der Waals surface area (Å²) in [6.45, 7) is 2.45. The molecule has 0 fully saturated rings. The van der Waals surface area contributed by atoms with Crippen molar-refractivity contribution >= 4 is 12.0 Å². The van der Waals surface area contributed by atoms with E-state index in [1.807, 2.05) is 31.2 Å². The van der Waals surface area contributed by atoms with Crippen LogP contribution in [0.4, 0.5) is 0 Å². The van der Waals surface area contributed by atoms with E-state index >= 15 is 0 Å². The summed E-state index contributed by atoms with van der Waals surface area (Å²) in [5.74, 6) is 0.202. The molecule has 4 nitrogen and oxygen atoms in total. The van der Waals surface area contributed by atoms with E-state index in [0.717, 1.165) is 17.2 Å². The number of carbonyl (C=O) groups is 1. The molecule has 0 unspecified atom stereocenters. The molecule has 0 amide bonds. The second kappa shape index (κ2) is 7.31. The molecule has 114 valence electrons. The summed E-state index contributed by atoms with van der Waals surface area (Å²) < 4.78 is 11.1. The zero-order valence-corrected chi connectivity index (χ0v) is 12.6. The first-order chi connectivity index (χ1) is 10.6. The van der Waals surface area contributed by atoms with Crippen molar-refractivity contribution < 1.29 is 19.4 Å². The van der Waals surface area contributed by atoms with Gasteiger partial charge in [0.2, 0.25) is 0 Å². The standard InChI is InChI=1S/C18H18O4/c1-13-3-5-15(6-4-13)12-22-17-11-14(8-10-18(19)20)7-9-16(17)21-2/h3-11H,12H2,1-2H3,(H,19,20). The Bertz CT molecular complexity index is 672. The van der Waals surface area contributed by atoms with E-state index < -0.39 is 5.97 Å². The predicted octanol–water partition coefficient (Wildman–Crippen LogP) is 3.68. The molecule has 1 N–H and O–H groups in total. The molecular formula is C18H18O4. The summed E-state index contributed by atoms with van der Waals surface area (Å²) in [6.07, 6.45) is 2.60. The Labute approximate surface area is 129 Å². The highest BCUT2D eigenvalue weighted by Gasteiger charge is 2.05. The quantitative estimate of drug-likeness (QED) is 0.827. The molecular weight excluding hydrogens is 280 g/mol. The minimum atomic E-state index is -0.988. The van der Waals surface area contributed by atoms with Gasteiger partial charge in [-0.3, -0.25) is 0 Å². The lowest BCUT2D eigenvalue weighted by molar-refractivity contribution is -0.131. The Morgan fingerprint density at radius 3 is 2.50 bits per heavy atom. The number of methoxy groups -OCH3 is 1. The number of aryl methyl sites for hydroxylation is 1. The molecule has 0 bridgehead atoms. The maximum absolute atomic E-state index is 10.6. The number of ether oxygens (including phenoxy) is 2. The van der Waals surface area contributed by atoms with E-state index in [2.05, 4.69) is 0 Å². The predicted molar refractivity (Wildman–Crippen MR) is 85.2 cm³/mol. The fourth-order valence-corrected chi connectivity index (χ4v) is 1.92. The lowest BCUT2D eigenvalue weighted by atomic mass is 10.1. The highest BCUT2D eigenvalue weighted by molar-refractivity contribution is 5.85. The van der Waals surface area contributed by atoms with Gasteiger partial charge in [-0.25, -0.2) is 4.79 Å². The zero-order valence-electron chi connectivity index (χ0n) is 12.6. The Kier molecular flexibility index (Phi) is 5.20. The van der Waals surface area contributed by atoms with Gasteiger partial charge < -0.3 is 14.6 Å². The van der Waals surface area contributed by atoms with Gasteiger partial charge in [0, 0.05) is 6.08 Å². The number of benzene rings is 2. The van der Waals surface area contributed by atoms with Crippen molar-refractivity contribution in [2.24, 2.45) is 0 Å². The first-order valence-corrected chi connectivity index (χ1v) is 6.86. The maximum Gasteiger partial charge on any atom is 0.328 e. The molecule has 0 radical (unpaired) electrons. The first-order valence-electron chi connectivity index (χ1n) is 6.86. The molecule has 0 heterocycles. The average molecular weight is 298 g/mol. The van der Waals surface area contributed by atoms with Crippen LogP contribution in [-0.2, 0) is 11.4 Å². The van der Waals surface area contributed by atoms with Crippen LogP contribution < -0.4 is 9.47 Å². The normalized spacial score (nSPS) is 10.6.